The number of amides is 2. The molecule has 4 aromatic rings. The summed E-state index contributed by atoms with van der Waals surface area (Å²) in [7, 11) is 1.70. The number of benzene rings is 1. The van der Waals surface area contributed by atoms with E-state index in [0.29, 0.717) is 95.7 Å². The van der Waals surface area contributed by atoms with Crippen LogP contribution in [-0.4, -0.2) is 126 Å². The zero-order valence-electron chi connectivity index (χ0n) is 35.3. The maximum absolute atomic E-state index is 15.0. The first-order chi connectivity index (χ1) is 29.5. The molecule has 5 saturated heterocycles. The minimum absolute atomic E-state index is 0.107. The van der Waals surface area contributed by atoms with Crippen molar-refractivity contribution in [2.45, 2.75) is 88.7 Å². The van der Waals surface area contributed by atoms with Crippen molar-refractivity contribution in [3.05, 3.63) is 58.2 Å². The van der Waals surface area contributed by atoms with Gasteiger partial charge in [-0.05, 0) is 74.8 Å². The van der Waals surface area contributed by atoms with Crippen molar-refractivity contribution < 1.29 is 38.1 Å². The Kier molecular flexibility index (Phi) is 10.8. The third-order valence-corrected chi connectivity index (χ3v) is 14.5. The molecule has 6 fully saturated rings. The number of carbonyl (C=O) groups is 3. The van der Waals surface area contributed by atoms with Crippen LogP contribution in [0, 0.1) is 11.3 Å². The second kappa shape index (κ2) is 16.1. The zero-order valence-corrected chi connectivity index (χ0v) is 36.1. The molecule has 4 atom stereocenters. The monoisotopic (exact) mass is 853 g/mol. The minimum Gasteiger partial charge on any atom is -0.464 e. The number of rotatable bonds is 7. The van der Waals surface area contributed by atoms with Crippen molar-refractivity contribution in [2.24, 2.45) is 11.3 Å². The maximum atomic E-state index is 15.0. The molecule has 16 heteroatoms. The molecule has 11 rings (SSSR count). The molecule has 0 spiro atoms. The number of esters is 1. The summed E-state index contributed by atoms with van der Waals surface area (Å²) in [6.45, 7) is 10.6. The number of methoxy groups -OCH3 is 1. The lowest BCUT2D eigenvalue weighted by Crippen LogP contribution is -2.65. The summed E-state index contributed by atoms with van der Waals surface area (Å²) in [6.07, 6.45) is 4.51. The number of morpholine rings is 1. The van der Waals surface area contributed by atoms with Gasteiger partial charge >= 0.3 is 5.97 Å². The lowest BCUT2D eigenvalue weighted by molar-refractivity contribution is -0.157. The number of fused-ring (bicyclic) bond motifs is 7. The molecule has 0 radical (unpaired) electrons. The minimum atomic E-state index is -1.03. The molecule has 3 aromatic heterocycles. The highest BCUT2D eigenvalue weighted by atomic mass is 32.1. The van der Waals surface area contributed by atoms with Crippen LogP contribution in [0.1, 0.15) is 80.9 Å². The smallest absolute Gasteiger partial charge is 0.324 e. The number of hydrogen-bond acceptors (Lipinski definition) is 13. The summed E-state index contributed by atoms with van der Waals surface area (Å²) in [6, 6.07) is 8.34. The number of thiazole rings is 1. The largest absolute Gasteiger partial charge is 0.464 e. The Morgan fingerprint density at radius 3 is 2.64 bits per heavy atom. The quantitative estimate of drug-likeness (QED) is 0.246. The second-order valence-corrected chi connectivity index (χ2v) is 19.3. The lowest BCUT2D eigenvalue weighted by Gasteiger charge is -2.42. The van der Waals surface area contributed by atoms with Crippen molar-refractivity contribution in [1.82, 2.24) is 35.2 Å². The van der Waals surface area contributed by atoms with E-state index in [-0.39, 0.29) is 30.6 Å². The number of carbonyl (C=O) groups excluding carboxylic acids is 3. The van der Waals surface area contributed by atoms with Crippen molar-refractivity contribution in [1.29, 1.82) is 0 Å². The number of pyridine rings is 1. The molecular formula is C45H55N7O8S. The molecule has 1 aliphatic carbocycles. The molecule has 7 aliphatic rings. The molecule has 6 aliphatic heterocycles. The molecule has 9 heterocycles. The zero-order chi connectivity index (χ0) is 42.0. The number of ether oxygens (including phenoxy) is 5. The van der Waals surface area contributed by atoms with Gasteiger partial charge < -0.3 is 33.6 Å². The number of aromatic nitrogens is 3. The Balaban J connectivity index is 1.14. The second-order valence-electron chi connectivity index (χ2n) is 18.4. The first-order valence-electron chi connectivity index (χ1n) is 21.7. The summed E-state index contributed by atoms with van der Waals surface area (Å²) in [5.41, 5.74) is 8.58. The van der Waals surface area contributed by atoms with Crippen LogP contribution in [0.25, 0.3) is 33.4 Å². The van der Waals surface area contributed by atoms with Crippen LogP contribution in [0.4, 0.5) is 0 Å². The van der Waals surface area contributed by atoms with Crippen LogP contribution >= 0.6 is 11.3 Å². The van der Waals surface area contributed by atoms with E-state index >= 15 is 4.79 Å². The molecule has 15 nitrogen and oxygen atoms in total. The Morgan fingerprint density at radius 1 is 1.08 bits per heavy atom. The fourth-order valence-corrected chi connectivity index (χ4v) is 11.1. The average molecular weight is 854 g/mol. The highest BCUT2D eigenvalue weighted by Crippen LogP contribution is 2.49. The summed E-state index contributed by atoms with van der Waals surface area (Å²) >= 11 is 1.49. The molecule has 8 bridgehead atoms. The fourth-order valence-electron chi connectivity index (χ4n) is 10.1. The van der Waals surface area contributed by atoms with Crippen molar-refractivity contribution in [3.63, 3.8) is 0 Å². The number of nitrogens with one attached hydrogen (secondary N) is 2. The van der Waals surface area contributed by atoms with Crippen LogP contribution in [0.5, 0.6) is 0 Å². The predicted octanol–water partition coefficient (Wildman–Crippen LogP) is 4.76. The summed E-state index contributed by atoms with van der Waals surface area (Å²) in [5, 5.41) is 8.55. The highest BCUT2D eigenvalue weighted by Gasteiger charge is 2.58. The van der Waals surface area contributed by atoms with Crippen molar-refractivity contribution >= 4 is 40.0 Å². The van der Waals surface area contributed by atoms with Crippen LogP contribution in [-0.2, 0) is 44.5 Å². The lowest BCUT2D eigenvalue weighted by atomic mass is 9.74. The summed E-state index contributed by atoms with van der Waals surface area (Å²) in [5.74, 6) is -0.667. The molecule has 2 amide bonds. The molecular weight excluding hydrogens is 799 g/mol. The topological polar surface area (TPSA) is 159 Å². The van der Waals surface area contributed by atoms with Crippen LogP contribution in [0.3, 0.4) is 0 Å². The van der Waals surface area contributed by atoms with E-state index in [0.717, 1.165) is 44.7 Å². The van der Waals surface area contributed by atoms with Gasteiger partial charge in [-0.25, -0.2) is 10.4 Å². The molecule has 324 valence electrons. The van der Waals surface area contributed by atoms with Gasteiger partial charge in [-0.3, -0.25) is 29.3 Å². The van der Waals surface area contributed by atoms with Crippen LogP contribution in [0.15, 0.2) is 41.9 Å². The summed E-state index contributed by atoms with van der Waals surface area (Å²) < 4.78 is 32.1. The standard InChI is InChI=1S/C45H55N7O8S/c1-26(56-4)36-30(7-5-11-46-36)38-32-20-44(2,3)25-59-42(54)33-8-6-12-51(49-33)41(53)37(48-43(55)45-18-27(19-45)21-60-45)39(50-13-15-57-16-14-50)40-47-34(24-61-40)28-9-10-35(31(32)17-28)52(38)29-22-58-23-29/h5,7,9-11,17,24,26-27,29,33,37,39,49H,6,8,12-16,18-23,25H2,1-4H3,(H,48,55)/t26-,27?,33-,37-,39-,45?/m0/s1. The van der Waals surface area contributed by atoms with Crippen LogP contribution in [0.2, 0.25) is 0 Å². The van der Waals surface area contributed by atoms with Gasteiger partial charge in [0.2, 0.25) is 0 Å². The molecule has 2 N–H and O–H groups in total. The van der Waals surface area contributed by atoms with E-state index in [1.807, 2.05) is 19.2 Å². The molecule has 1 aromatic carbocycles. The van der Waals surface area contributed by atoms with Gasteiger partial charge in [-0.2, -0.15) is 0 Å². The van der Waals surface area contributed by atoms with E-state index < -0.39 is 35.1 Å². The Morgan fingerprint density at radius 2 is 1.90 bits per heavy atom. The highest BCUT2D eigenvalue weighted by molar-refractivity contribution is 7.10. The van der Waals surface area contributed by atoms with E-state index in [1.165, 1.54) is 16.3 Å². The number of hydrogen-bond donors (Lipinski definition) is 2. The Hall–Kier alpha value is -4.29. The summed E-state index contributed by atoms with van der Waals surface area (Å²) in [4.78, 5) is 55.6. The van der Waals surface area contributed by atoms with Crippen molar-refractivity contribution in [3.8, 4) is 22.5 Å². The van der Waals surface area contributed by atoms with Gasteiger partial charge in [0, 0.05) is 65.8 Å². The SMILES string of the molecule is CO[C@@H](C)c1ncccc1-c1c2c3cc(ccc3n1C1COC1)-c1csc(n1)[C@@H](N1CCOCC1)[C@H](NC(=O)C13CC(CO1)C3)C(=O)N1CCC[C@H](N1)C(=O)OCC(C)(C)C2. The molecule has 61 heavy (non-hydrogen) atoms. The average Bonchev–Trinajstić information content (AvgIpc) is 4.06. The maximum Gasteiger partial charge on any atom is 0.324 e. The van der Waals surface area contributed by atoms with Gasteiger partial charge in [-0.1, -0.05) is 19.9 Å². The Labute approximate surface area is 359 Å². The van der Waals surface area contributed by atoms with E-state index in [9.17, 15) is 9.59 Å². The van der Waals surface area contributed by atoms with E-state index in [4.69, 9.17) is 33.7 Å². The van der Waals surface area contributed by atoms with Crippen LogP contribution < -0.4 is 10.7 Å². The van der Waals surface area contributed by atoms with Gasteiger partial charge in [0.1, 0.15) is 22.7 Å². The van der Waals surface area contributed by atoms with E-state index in [1.54, 1.807) is 7.11 Å². The van der Waals surface area contributed by atoms with Gasteiger partial charge in [0.05, 0.1) is 74.9 Å². The van der Waals surface area contributed by atoms with Gasteiger partial charge in [0.15, 0.2) is 0 Å². The van der Waals surface area contributed by atoms with Gasteiger partial charge in [0.25, 0.3) is 11.8 Å². The number of nitrogens with zero attached hydrogens (tertiary/aromatic N) is 5. The normalized spacial score (nSPS) is 28.8. The first kappa shape index (κ1) is 40.8. The predicted molar refractivity (Wildman–Crippen MR) is 226 cm³/mol. The Bertz CT molecular complexity index is 2320. The van der Waals surface area contributed by atoms with Crippen molar-refractivity contribution in [2.75, 3.05) is 66.4 Å². The third-order valence-electron chi connectivity index (χ3n) is 13.5. The third kappa shape index (κ3) is 7.37. The molecule has 0 unspecified atom stereocenters. The molecule has 1 saturated carbocycles. The number of hydrazine groups is 1. The van der Waals surface area contributed by atoms with Gasteiger partial charge in [-0.15, -0.1) is 11.3 Å². The fraction of sp³-hybridized carbons (Fsp3) is 0.578. The first-order valence-corrected chi connectivity index (χ1v) is 22.6. The number of cyclic esters (lactones) is 1. The van der Waals surface area contributed by atoms with E-state index in [2.05, 4.69) is 63.7 Å².